The summed E-state index contributed by atoms with van der Waals surface area (Å²) in [4.78, 5) is 0. The van der Waals surface area contributed by atoms with Crippen molar-refractivity contribution < 1.29 is 14.2 Å². The van der Waals surface area contributed by atoms with Gasteiger partial charge in [0.2, 0.25) is 0 Å². The third-order valence-corrected chi connectivity index (χ3v) is 4.12. The van der Waals surface area contributed by atoms with E-state index in [1.807, 2.05) is 13.1 Å². The Morgan fingerprint density at radius 1 is 1.20 bits per heavy atom. The largest absolute Gasteiger partial charge is 0.490 e. The van der Waals surface area contributed by atoms with E-state index < -0.39 is 0 Å². The van der Waals surface area contributed by atoms with Gasteiger partial charge in [-0.25, -0.2) is 0 Å². The highest BCUT2D eigenvalue weighted by Gasteiger charge is 2.22. The van der Waals surface area contributed by atoms with Crippen molar-refractivity contribution in [3.8, 4) is 11.5 Å². The number of benzene rings is 1. The van der Waals surface area contributed by atoms with Crippen LogP contribution in [-0.2, 0) is 4.74 Å². The molecule has 2 aliphatic rings. The van der Waals surface area contributed by atoms with Gasteiger partial charge in [0, 0.05) is 25.7 Å². The summed E-state index contributed by atoms with van der Waals surface area (Å²) in [6.45, 7) is 3.27. The molecule has 0 amide bonds. The highest BCUT2D eigenvalue weighted by atomic mass is 16.5. The van der Waals surface area contributed by atoms with Crippen LogP contribution in [-0.4, -0.2) is 33.5 Å². The lowest BCUT2D eigenvalue weighted by Crippen LogP contribution is -2.20. The standard InChI is InChI=1S/C16H23NO3/c1-17-14(9-12-5-8-18-11-12)13-3-4-15-16(10-13)20-7-2-6-19-15/h3-4,10,12,14,17H,2,5-9,11H2,1H3. The van der Waals surface area contributed by atoms with E-state index in [2.05, 4.69) is 17.4 Å². The van der Waals surface area contributed by atoms with Gasteiger partial charge in [-0.05, 0) is 43.5 Å². The summed E-state index contributed by atoms with van der Waals surface area (Å²) in [5.74, 6) is 2.40. The third kappa shape index (κ3) is 3.07. The number of rotatable bonds is 4. The molecule has 2 aliphatic heterocycles. The minimum atomic E-state index is 0.346. The number of hydrogen-bond acceptors (Lipinski definition) is 4. The Morgan fingerprint density at radius 3 is 2.80 bits per heavy atom. The molecule has 0 radical (unpaired) electrons. The highest BCUT2D eigenvalue weighted by Crippen LogP contribution is 2.34. The quantitative estimate of drug-likeness (QED) is 0.918. The van der Waals surface area contributed by atoms with Crippen LogP contribution in [0.3, 0.4) is 0 Å². The van der Waals surface area contributed by atoms with E-state index in [1.54, 1.807) is 0 Å². The lowest BCUT2D eigenvalue weighted by atomic mass is 9.94. The lowest BCUT2D eigenvalue weighted by Gasteiger charge is -2.21. The molecule has 0 bridgehead atoms. The Labute approximate surface area is 120 Å². The van der Waals surface area contributed by atoms with Crippen molar-refractivity contribution in [2.45, 2.75) is 25.3 Å². The van der Waals surface area contributed by atoms with E-state index in [9.17, 15) is 0 Å². The van der Waals surface area contributed by atoms with Gasteiger partial charge in [-0.1, -0.05) is 6.07 Å². The molecule has 1 aromatic carbocycles. The molecule has 1 fully saturated rings. The maximum Gasteiger partial charge on any atom is 0.161 e. The van der Waals surface area contributed by atoms with Crippen molar-refractivity contribution in [3.05, 3.63) is 23.8 Å². The van der Waals surface area contributed by atoms with Crippen LogP contribution in [0.2, 0.25) is 0 Å². The van der Waals surface area contributed by atoms with E-state index >= 15 is 0 Å². The second-order valence-electron chi connectivity index (χ2n) is 5.56. The molecule has 2 atom stereocenters. The number of hydrogen-bond donors (Lipinski definition) is 1. The molecule has 1 saturated heterocycles. The zero-order valence-corrected chi connectivity index (χ0v) is 12.1. The monoisotopic (exact) mass is 277 g/mol. The minimum Gasteiger partial charge on any atom is -0.490 e. The fraction of sp³-hybridized carbons (Fsp3) is 0.625. The average Bonchev–Trinajstić information content (AvgIpc) is 2.87. The molecule has 2 unspecified atom stereocenters. The molecule has 1 N–H and O–H groups in total. The molecule has 2 heterocycles. The van der Waals surface area contributed by atoms with Gasteiger partial charge in [-0.2, -0.15) is 0 Å². The molecular weight excluding hydrogens is 254 g/mol. The molecule has 20 heavy (non-hydrogen) atoms. The van der Waals surface area contributed by atoms with Gasteiger partial charge in [0.25, 0.3) is 0 Å². The van der Waals surface area contributed by atoms with Crippen LogP contribution < -0.4 is 14.8 Å². The van der Waals surface area contributed by atoms with Crippen molar-refractivity contribution in [2.24, 2.45) is 5.92 Å². The average molecular weight is 277 g/mol. The Morgan fingerprint density at radius 2 is 2.05 bits per heavy atom. The van der Waals surface area contributed by atoms with Crippen molar-refractivity contribution in [3.63, 3.8) is 0 Å². The van der Waals surface area contributed by atoms with Crippen LogP contribution >= 0.6 is 0 Å². The molecule has 0 aromatic heterocycles. The third-order valence-electron chi connectivity index (χ3n) is 4.12. The second kappa shape index (κ2) is 6.46. The summed E-state index contributed by atoms with van der Waals surface area (Å²) >= 11 is 0. The van der Waals surface area contributed by atoms with E-state index in [4.69, 9.17) is 14.2 Å². The van der Waals surface area contributed by atoms with Gasteiger partial charge in [-0.3, -0.25) is 0 Å². The van der Waals surface area contributed by atoms with Gasteiger partial charge >= 0.3 is 0 Å². The summed E-state index contributed by atoms with van der Waals surface area (Å²) in [5, 5.41) is 3.42. The molecule has 0 aliphatic carbocycles. The Hall–Kier alpha value is -1.26. The van der Waals surface area contributed by atoms with Crippen LogP contribution in [0.25, 0.3) is 0 Å². The first-order valence-electron chi connectivity index (χ1n) is 7.51. The Kier molecular flexibility index (Phi) is 4.43. The fourth-order valence-electron chi connectivity index (χ4n) is 2.92. The van der Waals surface area contributed by atoms with Crippen LogP contribution in [0.5, 0.6) is 11.5 Å². The van der Waals surface area contributed by atoms with Gasteiger partial charge in [0.1, 0.15) is 0 Å². The number of nitrogens with one attached hydrogen (secondary N) is 1. The van der Waals surface area contributed by atoms with Crippen LogP contribution in [0, 0.1) is 5.92 Å². The molecule has 0 spiro atoms. The maximum atomic E-state index is 5.78. The molecule has 4 heteroatoms. The van der Waals surface area contributed by atoms with Crippen molar-refractivity contribution in [2.75, 3.05) is 33.5 Å². The van der Waals surface area contributed by atoms with Gasteiger partial charge < -0.3 is 19.5 Å². The topological polar surface area (TPSA) is 39.7 Å². The second-order valence-corrected chi connectivity index (χ2v) is 5.56. The normalized spacial score (nSPS) is 23.4. The first kappa shape index (κ1) is 13.7. The lowest BCUT2D eigenvalue weighted by molar-refractivity contribution is 0.181. The van der Waals surface area contributed by atoms with Crippen LogP contribution in [0.15, 0.2) is 18.2 Å². The zero-order valence-electron chi connectivity index (χ0n) is 12.1. The molecule has 0 saturated carbocycles. The van der Waals surface area contributed by atoms with Crippen LogP contribution in [0.4, 0.5) is 0 Å². The summed E-state index contributed by atoms with van der Waals surface area (Å²) in [6.07, 6.45) is 3.22. The highest BCUT2D eigenvalue weighted by molar-refractivity contribution is 5.44. The van der Waals surface area contributed by atoms with E-state index in [0.29, 0.717) is 12.0 Å². The summed E-state index contributed by atoms with van der Waals surface area (Å²) in [5.41, 5.74) is 1.27. The van der Waals surface area contributed by atoms with Gasteiger partial charge in [0.05, 0.1) is 13.2 Å². The first-order chi connectivity index (χ1) is 9.86. The predicted octanol–water partition coefficient (Wildman–Crippen LogP) is 2.54. The molecule has 110 valence electrons. The zero-order chi connectivity index (χ0) is 13.8. The fourth-order valence-corrected chi connectivity index (χ4v) is 2.92. The van der Waals surface area contributed by atoms with E-state index in [0.717, 1.165) is 50.8 Å². The van der Waals surface area contributed by atoms with Crippen molar-refractivity contribution >= 4 is 0 Å². The number of ether oxygens (including phenoxy) is 3. The maximum absolute atomic E-state index is 5.78. The predicted molar refractivity (Wildman–Crippen MR) is 77.4 cm³/mol. The molecular formula is C16H23NO3. The molecule has 3 rings (SSSR count). The SMILES string of the molecule is CNC(CC1CCOC1)c1ccc2c(c1)OCCCO2. The van der Waals surface area contributed by atoms with Crippen molar-refractivity contribution in [1.82, 2.24) is 5.32 Å². The molecule has 1 aromatic rings. The molecule has 4 nitrogen and oxygen atoms in total. The van der Waals surface area contributed by atoms with Crippen LogP contribution in [0.1, 0.15) is 30.9 Å². The van der Waals surface area contributed by atoms with Gasteiger partial charge in [0.15, 0.2) is 11.5 Å². The Bertz CT molecular complexity index is 443. The van der Waals surface area contributed by atoms with E-state index in [1.165, 1.54) is 12.0 Å². The summed E-state index contributed by atoms with van der Waals surface area (Å²) in [6, 6.07) is 6.65. The Balaban J connectivity index is 1.75. The summed E-state index contributed by atoms with van der Waals surface area (Å²) in [7, 11) is 2.02. The first-order valence-corrected chi connectivity index (χ1v) is 7.51. The smallest absolute Gasteiger partial charge is 0.161 e. The van der Waals surface area contributed by atoms with Crippen molar-refractivity contribution in [1.29, 1.82) is 0 Å². The van der Waals surface area contributed by atoms with E-state index in [-0.39, 0.29) is 0 Å². The van der Waals surface area contributed by atoms with Gasteiger partial charge in [-0.15, -0.1) is 0 Å². The summed E-state index contributed by atoms with van der Waals surface area (Å²) < 4.78 is 16.9. The number of fused-ring (bicyclic) bond motifs is 1. The minimum absolute atomic E-state index is 0.346.